The van der Waals surface area contributed by atoms with Gasteiger partial charge in [-0.3, -0.25) is 5.10 Å². The number of aromatic nitrogens is 4. The zero-order valence-electron chi connectivity index (χ0n) is 9.29. The summed E-state index contributed by atoms with van der Waals surface area (Å²) < 4.78 is 27.8. The lowest BCUT2D eigenvalue weighted by atomic mass is 10.4. The van der Waals surface area contributed by atoms with Gasteiger partial charge in [-0.15, -0.1) is 0 Å². The maximum absolute atomic E-state index is 11.7. The van der Waals surface area contributed by atoms with Crippen molar-refractivity contribution in [2.75, 3.05) is 6.54 Å². The van der Waals surface area contributed by atoms with Crippen LogP contribution in [-0.4, -0.2) is 34.7 Å². The van der Waals surface area contributed by atoms with Crippen LogP contribution in [0.25, 0.3) is 0 Å². The fourth-order valence-corrected chi connectivity index (χ4v) is 2.34. The Bertz CT molecular complexity index is 572. The minimum Gasteiger partial charge on any atom is -0.338 e. The Morgan fingerprint density at radius 3 is 2.94 bits per heavy atom. The van der Waals surface area contributed by atoms with Crippen LogP contribution in [0.2, 0.25) is 0 Å². The summed E-state index contributed by atoms with van der Waals surface area (Å²) in [5, 5.41) is 6.06. The summed E-state index contributed by atoms with van der Waals surface area (Å²) in [4.78, 5) is 4.24. The van der Waals surface area contributed by atoms with Crippen molar-refractivity contribution in [2.45, 2.75) is 11.3 Å². The van der Waals surface area contributed by atoms with Crippen LogP contribution < -0.4 is 4.72 Å². The molecule has 2 aromatic rings. The van der Waals surface area contributed by atoms with Crippen LogP contribution in [0.3, 0.4) is 0 Å². The quantitative estimate of drug-likeness (QED) is 0.764. The lowest BCUT2D eigenvalue weighted by Crippen LogP contribution is -2.26. The molecule has 2 rings (SSSR count). The molecular formula is C9H13N5O2S. The zero-order valence-corrected chi connectivity index (χ0v) is 10.1. The summed E-state index contributed by atoms with van der Waals surface area (Å²) in [6, 6.07) is 0. The van der Waals surface area contributed by atoms with E-state index in [-0.39, 0.29) is 4.90 Å². The minimum atomic E-state index is -3.46. The molecule has 92 valence electrons. The smallest absolute Gasteiger partial charge is 0.243 e. The first-order valence-corrected chi connectivity index (χ1v) is 6.52. The highest BCUT2D eigenvalue weighted by Gasteiger charge is 2.14. The SMILES string of the molecule is Cn1ccnc1CCNS(=O)(=O)c1cn[nH]c1. The topological polar surface area (TPSA) is 92.7 Å². The number of H-pyrrole nitrogens is 1. The van der Waals surface area contributed by atoms with Crippen molar-refractivity contribution < 1.29 is 8.42 Å². The van der Waals surface area contributed by atoms with E-state index < -0.39 is 10.0 Å². The van der Waals surface area contributed by atoms with Crippen LogP contribution in [-0.2, 0) is 23.5 Å². The molecule has 0 atom stereocenters. The van der Waals surface area contributed by atoms with Gasteiger partial charge in [0.15, 0.2) is 0 Å². The van der Waals surface area contributed by atoms with E-state index in [1.807, 2.05) is 17.8 Å². The van der Waals surface area contributed by atoms with E-state index in [2.05, 4.69) is 19.9 Å². The Kier molecular flexibility index (Phi) is 3.25. The van der Waals surface area contributed by atoms with Gasteiger partial charge in [-0.25, -0.2) is 18.1 Å². The van der Waals surface area contributed by atoms with E-state index in [1.54, 1.807) is 6.20 Å². The Morgan fingerprint density at radius 2 is 2.35 bits per heavy atom. The number of hydrogen-bond acceptors (Lipinski definition) is 4. The Balaban J connectivity index is 1.93. The first kappa shape index (κ1) is 11.8. The molecule has 0 aliphatic rings. The second kappa shape index (κ2) is 4.68. The van der Waals surface area contributed by atoms with Crippen molar-refractivity contribution >= 4 is 10.0 Å². The maximum atomic E-state index is 11.7. The summed E-state index contributed by atoms with van der Waals surface area (Å²) in [7, 11) is -1.60. The number of aryl methyl sites for hydroxylation is 1. The highest BCUT2D eigenvalue weighted by Crippen LogP contribution is 2.04. The zero-order chi connectivity index (χ0) is 12.3. The number of rotatable bonds is 5. The maximum Gasteiger partial charge on any atom is 0.243 e. The molecule has 0 amide bonds. The van der Waals surface area contributed by atoms with E-state index in [1.165, 1.54) is 12.4 Å². The normalized spacial score (nSPS) is 11.8. The Labute approximate surface area is 98.9 Å². The van der Waals surface area contributed by atoms with Crippen LogP contribution in [0.15, 0.2) is 29.7 Å². The molecule has 0 radical (unpaired) electrons. The van der Waals surface area contributed by atoms with Crippen molar-refractivity contribution in [1.29, 1.82) is 0 Å². The second-order valence-electron chi connectivity index (χ2n) is 3.54. The third-order valence-electron chi connectivity index (χ3n) is 2.35. The number of aromatic amines is 1. The molecule has 0 aliphatic heterocycles. The van der Waals surface area contributed by atoms with Crippen LogP contribution in [0.4, 0.5) is 0 Å². The van der Waals surface area contributed by atoms with Crippen LogP contribution in [0.1, 0.15) is 5.82 Å². The standard InChI is InChI=1S/C9H13N5O2S/c1-14-5-4-10-9(14)2-3-13-17(15,16)8-6-11-12-7-8/h4-7,13H,2-3H2,1H3,(H,11,12). The molecule has 2 heterocycles. The van der Waals surface area contributed by atoms with Crippen LogP contribution in [0.5, 0.6) is 0 Å². The number of nitrogens with zero attached hydrogens (tertiary/aromatic N) is 3. The summed E-state index contributed by atoms with van der Waals surface area (Å²) in [5.74, 6) is 0.833. The molecule has 17 heavy (non-hydrogen) atoms. The van der Waals surface area contributed by atoms with E-state index in [0.29, 0.717) is 13.0 Å². The fourth-order valence-electron chi connectivity index (χ4n) is 1.40. The largest absolute Gasteiger partial charge is 0.338 e. The summed E-state index contributed by atoms with van der Waals surface area (Å²) in [5.41, 5.74) is 0. The first-order chi connectivity index (χ1) is 8.09. The van der Waals surface area contributed by atoms with Gasteiger partial charge in [0.05, 0.1) is 6.20 Å². The number of sulfonamides is 1. The van der Waals surface area contributed by atoms with Gasteiger partial charge in [-0.05, 0) is 0 Å². The molecular weight excluding hydrogens is 242 g/mol. The van der Waals surface area contributed by atoms with Crippen molar-refractivity contribution in [2.24, 2.45) is 7.05 Å². The molecule has 0 fully saturated rings. The monoisotopic (exact) mass is 255 g/mol. The van der Waals surface area contributed by atoms with Gasteiger partial charge in [0.1, 0.15) is 10.7 Å². The summed E-state index contributed by atoms with van der Waals surface area (Å²) >= 11 is 0. The Hall–Kier alpha value is -1.67. The molecule has 0 spiro atoms. The van der Waals surface area contributed by atoms with Crippen molar-refractivity contribution in [3.8, 4) is 0 Å². The van der Waals surface area contributed by atoms with Gasteiger partial charge >= 0.3 is 0 Å². The van der Waals surface area contributed by atoms with Crippen LogP contribution in [0, 0.1) is 0 Å². The molecule has 8 heteroatoms. The molecule has 0 saturated carbocycles. The molecule has 2 N–H and O–H groups in total. The van der Waals surface area contributed by atoms with E-state index in [4.69, 9.17) is 0 Å². The van der Waals surface area contributed by atoms with E-state index in [0.717, 1.165) is 5.82 Å². The lowest BCUT2D eigenvalue weighted by molar-refractivity contribution is 0.580. The highest BCUT2D eigenvalue weighted by molar-refractivity contribution is 7.89. The predicted octanol–water partition coefficient (Wildman–Crippen LogP) is -0.336. The van der Waals surface area contributed by atoms with Gasteiger partial charge in [0.25, 0.3) is 0 Å². The molecule has 0 saturated heterocycles. The third kappa shape index (κ3) is 2.71. The summed E-state index contributed by atoms with van der Waals surface area (Å²) in [6.45, 7) is 0.304. The minimum absolute atomic E-state index is 0.136. The van der Waals surface area contributed by atoms with Gasteiger partial charge in [0.2, 0.25) is 10.0 Å². The molecule has 0 aliphatic carbocycles. The fraction of sp³-hybridized carbons (Fsp3) is 0.333. The van der Waals surface area contributed by atoms with Gasteiger partial charge in [-0.2, -0.15) is 5.10 Å². The van der Waals surface area contributed by atoms with Crippen molar-refractivity contribution in [3.05, 3.63) is 30.6 Å². The average Bonchev–Trinajstić information content (AvgIpc) is 2.90. The molecule has 0 bridgehead atoms. The molecule has 2 aromatic heterocycles. The second-order valence-corrected chi connectivity index (χ2v) is 5.30. The van der Waals surface area contributed by atoms with Gasteiger partial charge < -0.3 is 4.57 Å². The highest BCUT2D eigenvalue weighted by atomic mass is 32.2. The van der Waals surface area contributed by atoms with E-state index in [9.17, 15) is 8.42 Å². The number of nitrogens with one attached hydrogen (secondary N) is 2. The first-order valence-electron chi connectivity index (χ1n) is 5.04. The van der Waals surface area contributed by atoms with Gasteiger partial charge in [-0.1, -0.05) is 0 Å². The number of imidazole rings is 1. The Morgan fingerprint density at radius 1 is 1.53 bits per heavy atom. The van der Waals surface area contributed by atoms with Crippen LogP contribution >= 0.6 is 0 Å². The van der Waals surface area contributed by atoms with Crippen molar-refractivity contribution in [3.63, 3.8) is 0 Å². The molecule has 7 nitrogen and oxygen atoms in total. The molecule has 0 unspecified atom stereocenters. The number of hydrogen-bond donors (Lipinski definition) is 2. The lowest BCUT2D eigenvalue weighted by Gasteiger charge is -2.04. The average molecular weight is 255 g/mol. The van der Waals surface area contributed by atoms with Gasteiger partial charge in [0, 0.05) is 38.6 Å². The predicted molar refractivity (Wildman–Crippen MR) is 60.7 cm³/mol. The molecule has 0 aromatic carbocycles. The van der Waals surface area contributed by atoms with E-state index >= 15 is 0 Å². The van der Waals surface area contributed by atoms with Crippen molar-refractivity contribution in [1.82, 2.24) is 24.5 Å². The third-order valence-corrected chi connectivity index (χ3v) is 3.77. The summed E-state index contributed by atoms with van der Waals surface area (Å²) in [6.07, 6.45) is 6.65.